The first-order valence-corrected chi connectivity index (χ1v) is 8.76. The van der Waals surface area contributed by atoms with Crippen LogP contribution >= 0.6 is 0 Å². The molecule has 1 heterocycles. The summed E-state index contributed by atoms with van der Waals surface area (Å²) in [6.07, 6.45) is 2.88. The quantitative estimate of drug-likeness (QED) is 0.604. The average Bonchev–Trinajstić information content (AvgIpc) is 3.00. The van der Waals surface area contributed by atoms with E-state index in [4.69, 9.17) is 9.47 Å². The molecule has 1 aliphatic carbocycles. The molecule has 0 bridgehead atoms. The van der Waals surface area contributed by atoms with E-state index in [1.54, 1.807) is 33.8 Å². The SMILES string of the molecule is C=CC1C[C@]1(NC(=O)C1CCCN1C(=O)OC(C)(C)C)C(=O)OCC. The van der Waals surface area contributed by atoms with Gasteiger partial charge < -0.3 is 14.8 Å². The summed E-state index contributed by atoms with van der Waals surface area (Å²) in [5.74, 6) is -0.942. The van der Waals surface area contributed by atoms with Gasteiger partial charge in [0.05, 0.1) is 6.61 Å². The highest BCUT2D eigenvalue weighted by molar-refractivity contribution is 5.94. The smallest absolute Gasteiger partial charge is 0.410 e. The highest BCUT2D eigenvalue weighted by atomic mass is 16.6. The minimum atomic E-state index is -1.04. The van der Waals surface area contributed by atoms with Gasteiger partial charge in [0.15, 0.2) is 0 Å². The summed E-state index contributed by atoms with van der Waals surface area (Å²) in [5, 5.41) is 2.81. The van der Waals surface area contributed by atoms with Crippen molar-refractivity contribution in [1.29, 1.82) is 0 Å². The largest absolute Gasteiger partial charge is 0.464 e. The molecule has 2 aliphatic rings. The maximum absolute atomic E-state index is 12.7. The Bertz CT molecular complexity index is 568. The van der Waals surface area contributed by atoms with E-state index in [9.17, 15) is 14.4 Å². The molecule has 1 N–H and O–H groups in total. The molecule has 1 saturated heterocycles. The molecule has 7 heteroatoms. The third-order valence-electron chi connectivity index (χ3n) is 4.47. The number of rotatable bonds is 5. The fourth-order valence-corrected chi connectivity index (χ4v) is 3.14. The van der Waals surface area contributed by atoms with Crippen LogP contribution in [0.2, 0.25) is 0 Å². The summed E-state index contributed by atoms with van der Waals surface area (Å²) >= 11 is 0. The summed E-state index contributed by atoms with van der Waals surface area (Å²) in [6.45, 7) is 11.5. The summed E-state index contributed by atoms with van der Waals surface area (Å²) in [4.78, 5) is 38.8. The molecule has 3 atom stereocenters. The average molecular weight is 352 g/mol. The number of carbonyl (C=O) groups is 3. The van der Waals surface area contributed by atoms with Gasteiger partial charge >= 0.3 is 12.1 Å². The van der Waals surface area contributed by atoms with E-state index in [0.29, 0.717) is 25.8 Å². The molecule has 140 valence electrons. The molecule has 0 aromatic carbocycles. The second kappa shape index (κ2) is 7.06. The maximum Gasteiger partial charge on any atom is 0.410 e. The molecule has 0 aromatic heterocycles. The molecule has 2 unspecified atom stereocenters. The van der Waals surface area contributed by atoms with E-state index >= 15 is 0 Å². The molecule has 0 spiro atoms. The Hall–Kier alpha value is -2.05. The van der Waals surface area contributed by atoms with Crippen molar-refractivity contribution in [2.24, 2.45) is 5.92 Å². The van der Waals surface area contributed by atoms with Gasteiger partial charge in [-0.05, 0) is 47.0 Å². The predicted molar refractivity (Wildman–Crippen MR) is 91.8 cm³/mol. The number of ether oxygens (including phenoxy) is 2. The first kappa shape index (κ1) is 19.3. The molecule has 2 rings (SSSR count). The second-order valence-corrected chi connectivity index (χ2v) is 7.56. The van der Waals surface area contributed by atoms with Crippen LogP contribution in [0.15, 0.2) is 12.7 Å². The molecule has 1 saturated carbocycles. The lowest BCUT2D eigenvalue weighted by molar-refractivity contribution is -0.149. The second-order valence-electron chi connectivity index (χ2n) is 7.56. The van der Waals surface area contributed by atoms with Crippen molar-refractivity contribution < 1.29 is 23.9 Å². The summed E-state index contributed by atoms with van der Waals surface area (Å²) in [5.41, 5.74) is -1.67. The number of nitrogens with zero attached hydrogens (tertiary/aromatic N) is 1. The van der Waals surface area contributed by atoms with Gasteiger partial charge in [-0.25, -0.2) is 9.59 Å². The third kappa shape index (κ3) is 4.14. The molecular weight excluding hydrogens is 324 g/mol. The van der Waals surface area contributed by atoms with Crippen LogP contribution in [-0.4, -0.2) is 53.2 Å². The Morgan fingerprint density at radius 2 is 2.04 bits per heavy atom. The lowest BCUT2D eigenvalue weighted by Crippen LogP contribution is -2.53. The van der Waals surface area contributed by atoms with Crippen LogP contribution in [0.4, 0.5) is 4.79 Å². The zero-order valence-electron chi connectivity index (χ0n) is 15.5. The van der Waals surface area contributed by atoms with Crippen LogP contribution in [0.25, 0.3) is 0 Å². The van der Waals surface area contributed by atoms with Crippen LogP contribution in [0, 0.1) is 5.92 Å². The molecule has 2 amide bonds. The fourth-order valence-electron chi connectivity index (χ4n) is 3.14. The number of esters is 1. The Balaban J connectivity index is 2.07. The highest BCUT2D eigenvalue weighted by Crippen LogP contribution is 2.45. The van der Waals surface area contributed by atoms with E-state index in [2.05, 4.69) is 11.9 Å². The lowest BCUT2D eigenvalue weighted by atomic mass is 10.1. The molecule has 0 radical (unpaired) electrons. The summed E-state index contributed by atoms with van der Waals surface area (Å²) < 4.78 is 10.5. The van der Waals surface area contributed by atoms with Crippen LogP contribution in [0.5, 0.6) is 0 Å². The number of carbonyl (C=O) groups excluding carboxylic acids is 3. The van der Waals surface area contributed by atoms with Crippen molar-refractivity contribution in [3.63, 3.8) is 0 Å². The standard InChI is InChI=1S/C18H28N2O5/c1-6-12-11-18(12,15(22)24-7-2)19-14(21)13-9-8-10-20(13)16(23)25-17(3,4)5/h6,12-13H,1,7-11H2,2-5H3,(H,19,21)/t12?,13?,18-/m1/s1. The first-order chi connectivity index (χ1) is 11.6. The van der Waals surface area contributed by atoms with Gasteiger partial charge in [0.2, 0.25) is 5.91 Å². The van der Waals surface area contributed by atoms with Gasteiger partial charge in [0.25, 0.3) is 0 Å². The van der Waals surface area contributed by atoms with Gasteiger partial charge in [0, 0.05) is 12.5 Å². The number of hydrogen-bond acceptors (Lipinski definition) is 5. The number of hydrogen-bond donors (Lipinski definition) is 1. The normalized spacial score (nSPS) is 28.2. The Labute approximate surface area is 148 Å². The van der Waals surface area contributed by atoms with Gasteiger partial charge in [-0.1, -0.05) is 6.08 Å². The van der Waals surface area contributed by atoms with Gasteiger partial charge in [0.1, 0.15) is 17.2 Å². The van der Waals surface area contributed by atoms with Gasteiger partial charge in [-0.2, -0.15) is 0 Å². The van der Waals surface area contributed by atoms with Crippen LogP contribution in [-0.2, 0) is 19.1 Å². The van der Waals surface area contributed by atoms with Crippen molar-refractivity contribution in [1.82, 2.24) is 10.2 Å². The van der Waals surface area contributed by atoms with E-state index in [0.717, 1.165) is 0 Å². The number of amides is 2. The number of likely N-dealkylation sites (tertiary alicyclic amines) is 1. The van der Waals surface area contributed by atoms with E-state index < -0.39 is 29.2 Å². The predicted octanol–water partition coefficient (Wildman–Crippen LogP) is 2.01. The molecule has 0 aromatic rings. The molecule has 2 fully saturated rings. The van der Waals surface area contributed by atoms with Crippen LogP contribution in [0.1, 0.15) is 47.0 Å². The minimum Gasteiger partial charge on any atom is -0.464 e. The van der Waals surface area contributed by atoms with Crippen molar-refractivity contribution in [3.8, 4) is 0 Å². The topological polar surface area (TPSA) is 84.9 Å². The van der Waals surface area contributed by atoms with E-state index in [-0.39, 0.29) is 18.4 Å². The zero-order valence-corrected chi connectivity index (χ0v) is 15.5. The van der Waals surface area contributed by atoms with Crippen molar-refractivity contribution >= 4 is 18.0 Å². The van der Waals surface area contributed by atoms with Crippen molar-refractivity contribution in [2.75, 3.05) is 13.2 Å². The summed E-state index contributed by atoms with van der Waals surface area (Å²) in [7, 11) is 0. The Morgan fingerprint density at radius 3 is 2.56 bits per heavy atom. The number of nitrogens with one attached hydrogen (secondary N) is 1. The van der Waals surface area contributed by atoms with Crippen molar-refractivity contribution in [3.05, 3.63) is 12.7 Å². The monoisotopic (exact) mass is 352 g/mol. The van der Waals surface area contributed by atoms with Crippen molar-refractivity contribution in [2.45, 2.75) is 64.1 Å². The van der Waals surface area contributed by atoms with Gasteiger partial charge in [-0.15, -0.1) is 6.58 Å². The Morgan fingerprint density at radius 1 is 1.36 bits per heavy atom. The van der Waals surface area contributed by atoms with Crippen LogP contribution in [0.3, 0.4) is 0 Å². The third-order valence-corrected chi connectivity index (χ3v) is 4.47. The summed E-state index contributed by atoms with van der Waals surface area (Å²) in [6, 6.07) is -0.632. The first-order valence-electron chi connectivity index (χ1n) is 8.76. The van der Waals surface area contributed by atoms with Gasteiger partial charge in [-0.3, -0.25) is 9.69 Å². The highest BCUT2D eigenvalue weighted by Gasteiger charge is 2.61. The lowest BCUT2D eigenvalue weighted by Gasteiger charge is -2.29. The minimum absolute atomic E-state index is 0.146. The maximum atomic E-state index is 12.7. The molecule has 1 aliphatic heterocycles. The molecular formula is C18H28N2O5. The molecule has 25 heavy (non-hydrogen) atoms. The van der Waals surface area contributed by atoms with Crippen LogP contribution < -0.4 is 5.32 Å². The fraction of sp³-hybridized carbons (Fsp3) is 0.722. The van der Waals surface area contributed by atoms with E-state index in [1.165, 1.54) is 4.90 Å². The molecule has 7 nitrogen and oxygen atoms in total. The Kier molecular flexibility index (Phi) is 5.44. The zero-order chi connectivity index (χ0) is 18.8. The van der Waals surface area contributed by atoms with E-state index in [1.807, 2.05) is 0 Å².